The Bertz CT molecular complexity index is 1700. The maximum absolute atomic E-state index is 13.5. The predicted molar refractivity (Wildman–Crippen MR) is 131 cm³/mol. The molecule has 4 rings (SSSR count). The molecule has 12 nitrogen and oxygen atoms in total. The van der Waals surface area contributed by atoms with Gasteiger partial charge in [0.2, 0.25) is 17.2 Å². The van der Waals surface area contributed by atoms with E-state index < -0.39 is 96.9 Å². The van der Waals surface area contributed by atoms with Crippen LogP contribution >= 0.6 is 0 Å². The summed E-state index contributed by atoms with van der Waals surface area (Å²) in [5, 5.41) is 88.8. The minimum atomic E-state index is -1.12. The van der Waals surface area contributed by atoms with Gasteiger partial charge in [0.15, 0.2) is 51.8 Å². The van der Waals surface area contributed by atoms with Crippen molar-refractivity contribution >= 4 is 17.3 Å². The van der Waals surface area contributed by atoms with Crippen molar-refractivity contribution in [2.24, 2.45) is 0 Å². The molecule has 39 heavy (non-hydrogen) atoms. The second-order valence-electron chi connectivity index (χ2n) is 8.24. The topological polar surface area (TPSA) is 233 Å². The molecule has 0 aliphatic rings. The number of ketones is 3. The summed E-state index contributed by atoms with van der Waals surface area (Å²) < 4.78 is 0. The molecule has 0 atom stereocenters. The zero-order chi connectivity index (χ0) is 28.8. The molecule has 4 aromatic rings. The molecule has 0 radical (unpaired) electrons. The van der Waals surface area contributed by atoms with Gasteiger partial charge in [-0.1, -0.05) is 6.07 Å². The van der Waals surface area contributed by atoms with Crippen LogP contribution in [0.3, 0.4) is 0 Å². The number of aromatic hydroxyl groups is 9. The quantitative estimate of drug-likeness (QED) is 0.128. The number of phenolic OH excluding ortho intramolecular Hbond substituents is 9. The largest absolute Gasteiger partial charge is 0.504 e. The van der Waals surface area contributed by atoms with Crippen LogP contribution in [0.2, 0.25) is 0 Å². The zero-order valence-electron chi connectivity index (χ0n) is 19.4. The molecule has 0 unspecified atom stereocenters. The molecular weight excluding hydrogens is 516 g/mol. The summed E-state index contributed by atoms with van der Waals surface area (Å²) in [7, 11) is 0. The lowest BCUT2D eigenvalue weighted by Crippen LogP contribution is -2.14. The van der Waals surface area contributed by atoms with Crippen LogP contribution in [-0.4, -0.2) is 63.3 Å². The van der Waals surface area contributed by atoms with Crippen LogP contribution in [-0.2, 0) is 0 Å². The normalized spacial score (nSPS) is 10.8. The van der Waals surface area contributed by atoms with Crippen LogP contribution in [0, 0.1) is 0 Å². The number of hydrogen-bond donors (Lipinski definition) is 9. The van der Waals surface area contributed by atoms with E-state index in [0.717, 1.165) is 54.6 Å². The van der Waals surface area contributed by atoms with Crippen LogP contribution < -0.4 is 0 Å². The third-order valence-electron chi connectivity index (χ3n) is 5.89. The Labute approximate surface area is 217 Å². The number of rotatable bonds is 6. The third-order valence-corrected chi connectivity index (χ3v) is 5.89. The highest BCUT2D eigenvalue weighted by molar-refractivity contribution is 6.22. The minimum Gasteiger partial charge on any atom is -0.504 e. The molecule has 0 aromatic heterocycles. The van der Waals surface area contributed by atoms with Gasteiger partial charge in [-0.25, -0.2) is 0 Å². The molecule has 0 spiro atoms. The van der Waals surface area contributed by atoms with E-state index in [0.29, 0.717) is 0 Å². The Morgan fingerprint density at radius 2 is 0.692 bits per heavy atom. The molecule has 198 valence electrons. The summed E-state index contributed by atoms with van der Waals surface area (Å²) >= 11 is 0. The Morgan fingerprint density at radius 1 is 0.359 bits per heavy atom. The van der Waals surface area contributed by atoms with Crippen LogP contribution in [0.25, 0.3) is 0 Å². The Morgan fingerprint density at radius 3 is 1.10 bits per heavy atom. The van der Waals surface area contributed by atoms with Crippen molar-refractivity contribution in [3.05, 3.63) is 88.0 Å². The lowest BCUT2D eigenvalue weighted by molar-refractivity contribution is 0.0998. The molecule has 0 aliphatic heterocycles. The van der Waals surface area contributed by atoms with Crippen molar-refractivity contribution in [3.63, 3.8) is 0 Å². The van der Waals surface area contributed by atoms with E-state index in [1.54, 1.807) is 0 Å². The second-order valence-corrected chi connectivity index (χ2v) is 8.24. The second kappa shape index (κ2) is 9.52. The highest BCUT2D eigenvalue weighted by atomic mass is 16.3. The molecule has 12 heteroatoms. The van der Waals surface area contributed by atoms with Crippen molar-refractivity contribution in [1.29, 1.82) is 0 Å². The van der Waals surface area contributed by atoms with E-state index in [-0.39, 0.29) is 5.56 Å². The first-order valence-corrected chi connectivity index (χ1v) is 10.8. The van der Waals surface area contributed by atoms with E-state index in [1.807, 2.05) is 0 Å². The van der Waals surface area contributed by atoms with E-state index in [1.165, 1.54) is 0 Å². The van der Waals surface area contributed by atoms with Crippen molar-refractivity contribution < 1.29 is 60.3 Å². The molecule has 0 aliphatic carbocycles. The summed E-state index contributed by atoms with van der Waals surface area (Å²) in [6.45, 7) is 0. The highest BCUT2D eigenvalue weighted by Crippen LogP contribution is 2.41. The molecule has 4 aromatic carbocycles. The molecule has 0 fully saturated rings. The number of phenols is 9. The predicted octanol–water partition coefficient (Wildman–Crippen LogP) is 2.73. The number of benzene rings is 4. The fraction of sp³-hybridized carbons (Fsp3) is 0. The minimum absolute atomic E-state index is 0.310. The van der Waals surface area contributed by atoms with Gasteiger partial charge in [-0.15, -0.1) is 0 Å². The summed E-state index contributed by atoms with van der Waals surface area (Å²) in [4.78, 5) is 39.9. The summed E-state index contributed by atoms with van der Waals surface area (Å²) in [6.07, 6.45) is 0. The molecule has 0 heterocycles. The molecule has 0 saturated heterocycles. The fourth-order valence-corrected chi connectivity index (χ4v) is 3.77. The molecule has 9 N–H and O–H groups in total. The van der Waals surface area contributed by atoms with Crippen molar-refractivity contribution in [2.45, 2.75) is 0 Å². The first-order valence-electron chi connectivity index (χ1n) is 10.8. The monoisotopic (exact) mass is 534 g/mol. The fourth-order valence-electron chi connectivity index (χ4n) is 3.77. The van der Waals surface area contributed by atoms with Crippen LogP contribution in [0.15, 0.2) is 54.6 Å². The molecule has 0 saturated carbocycles. The molecule has 0 amide bonds. The van der Waals surface area contributed by atoms with Gasteiger partial charge in [0.05, 0.1) is 16.7 Å². The zero-order valence-corrected chi connectivity index (χ0v) is 19.4. The van der Waals surface area contributed by atoms with Crippen molar-refractivity contribution in [3.8, 4) is 51.7 Å². The Kier molecular flexibility index (Phi) is 6.38. The number of hydrogen-bond acceptors (Lipinski definition) is 12. The number of carbonyl (C=O) groups excluding carboxylic acids is 3. The van der Waals surface area contributed by atoms with Crippen LogP contribution in [0.1, 0.15) is 47.8 Å². The summed E-state index contributed by atoms with van der Waals surface area (Å²) in [5.74, 6) is -11.4. The van der Waals surface area contributed by atoms with E-state index in [9.17, 15) is 60.3 Å². The van der Waals surface area contributed by atoms with E-state index >= 15 is 0 Å². The van der Waals surface area contributed by atoms with Gasteiger partial charge < -0.3 is 46.0 Å². The summed E-state index contributed by atoms with van der Waals surface area (Å²) in [5.41, 5.74) is -2.93. The third kappa shape index (κ3) is 4.31. The Balaban J connectivity index is 1.93. The maximum atomic E-state index is 13.5. The van der Waals surface area contributed by atoms with Gasteiger partial charge in [-0.3, -0.25) is 14.4 Å². The first-order chi connectivity index (χ1) is 18.3. The van der Waals surface area contributed by atoms with Gasteiger partial charge in [0, 0.05) is 16.7 Å². The van der Waals surface area contributed by atoms with Gasteiger partial charge in [-0.2, -0.15) is 0 Å². The van der Waals surface area contributed by atoms with E-state index in [4.69, 9.17) is 0 Å². The molecular formula is C27H18O12. The lowest BCUT2D eigenvalue weighted by atomic mass is 9.89. The standard InChI is InChI=1S/C27H18O12/c28-16-6-3-12(22(34)25(16)37)19(31)10-1-2-11(20(32)13-4-7-17(29)26(38)23(13)35)15(9-10)21(33)14-5-8-18(30)27(39)24(14)36/h1-9,28-30,34-39H. The summed E-state index contributed by atoms with van der Waals surface area (Å²) in [6, 6.07) is 8.59. The first kappa shape index (κ1) is 26.2. The van der Waals surface area contributed by atoms with Crippen molar-refractivity contribution in [2.75, 3.05) is 0 Å². The van der Waals surface area contributed by atoms with Gasteiger partial charge in [0.1, 0.15) is 0 Å². The van der Waals surface area contributed by atoms with Gasteiger partial charge in [0.25, 0.3) is 0 Å². The highest BCUT2D eigenvalue weighted by Gasteiger charge is 2.28. The number of carbonyl (C=O) groups is 3. The van der Waals surface area contributed by atoms with Gasteiger partial charge in [-0.05, 0) is 48.5 Å². The van der Waals surface area contributed by atoms with Crippen LogP contribution in [0.5, 0.6) is 51.7 Å². The van der Waals surface area contributed by atoms with Crippen LogP contribution in [0.4, 0.5) is 0 Å². The van der Waals surface area contributed by atoms with E-state index in [2.05, 4.69) is 0 Å². The Hall–Kier alpha value is -5.91. The average molecular weight is 534 g/mol. The lowest BCUT2D eigenvalue weighted by Gasteiger charge is -2.14. The van der Waals surface area contributed by atoms with Crippen molar-refractivity contribution in [1.82, 2.24) is 0 Å². The average Bonchev–Trinajstić information content (AvgIpc) is 2.92. The maximum Gasteiger partial charge on any atom is 0.201 e. The SMILES string of the molecule is O=C(c1ccc(C(=O)c2ccc(O)c(O)c2O)c(C(=O)c2ccc(O)c(O)c2O)c1)c1ccc(O)c(O)c1O. The smallest absolute Gasteiger partial charge is 0.201 e. The molecule has 0 bridgehead atoms. The van der Waals surface area contributed by atoms with Gasteiger partial charge >= 0.3 is 0 Å².